The van der Waals surface area contributed by atoms with E-state index in [2.05, 4.69) is 10.6 Å². The largest absolute Gasteiger partial charge is 0.490 e. The van der Waals surface area contributed by atoms with Gasteiger partial charge in [-0.25, -0.2) is 4.39 Å². The third kappa shape index (κ3) is 6.36. The lowest BCUT2D eigenvalue weighted by Crippen LogP contribution is -2.30. The minimum atomic E-state index is -0.600. The maximum absolute atomic E-state index is 13.5. The second-order valence-electron chi connectivity index (χ2n) is 5.81. The van der Waals surface area contributed by atoms with Gasteiger partial charge in [-0.1, -0.05) is 12.1 Å². The molecule has 0 saturated carbocycles. The summed E-state index contributed by atoms with van der Waals surface area (Å²) < 4.78 is 18.5. The predicted molar refractivity (Wildman–Crippen MR) is 108 cm³/mol. The van der Waals surface area contributed by atoms with Crippen LogP contribution in [0.25, 0.3) is 0 Å². The van der Waals surface area contributed by atoms with E-state index in [-0.39, 0.29) is 28.7 Å². The summed E-state index contributed by atoms with van der Waals surface area (Å²) in [6.45, 7) is 0.633. The topological polar surface area (TPSA) is 117 Å². The molecule has 2 aromatic carbocycles. The zero-order chi connectivity index (χ0) is 21.2. The standard InChI is InChI=1S/C19H19FN4O4S/c1-28-18-6-5-13(9-17(18)24(26)27)11-29-12-19(25)23-8-7-22-16-4-2-3-15(20)14(16)10-21/h2-6,9,22H,7-8,11-12H2,1H3,(H,23,25). The van der Waals surface area contributed by atoms with Crippen molar-refractivity contribution in [3.8, 4) is 11.8 Å². The number of nitriles is 1. The summed E-state index contributed by atoms with van der Waals surface area (Å²) in [5.74, 6) is 0.0114. The summed E-state index contributed by atoms with van der Waals surface area (Å²) in [5, 5.41) is 25.6. The van der Waals surface area contributed by atoms with E-state index in [1.807, 2.05) is 0 Å². The van der Waals surface area contributed by atoms with Crippen LogP contribution in [0.2, 0.25) is 0 Å². The molecule has 0 atom stereocenters. The Balaban J connectivity index is 1.73. The van der Waals surface area contributed by atoms with Gasteiger partial charge in [0.25, 0.3) is 0 Å². The number of hydrogen-bond donors (Lipinski definition) is 2. The van der Waals surface area contributed by atoms with Gasteiger partial charge in [0.2, 0.25) is 5.91 Å². The van der Waals surface area contributed by atoms with Crippen molar-refractivity contribution in [2.75, 3.05) is 31.3 Å². The molecule has 0 aliphatic rings. The molecule has 29 heavy (non-hydrogen) atoms. The fourth-order valence-electron chi connectivity index (χ4n) is 2.46. The highest BCUT2D eigenvalue weighted by atomic mass is 32.2. The highest BCUT2D eigenvalue weighted by molar-refractivity contribution is 7.99. The first-order valence-corrected chi connectivity index (χ1v) is 9.70. The highest BCUT2D eigenvalue weighted by Crippen LogP contribution is 2.28. The van der Waals surface area contributed by atoms with Gasteiger partial charge in [-0.15, -0.1) is 11.8 Å². The molecule has 8 nitrogen and oxygen atoms in total. The number of methoxy groups -OCH3 is 1. The number of nitro benzene ring substituents is 1. The number of nitrogens with one attached hydrogen (secondary N) is 2. The average Bonchev–Trinajstić information content (AvgIpc) is 2.71. The monoisotopic (exact) mass is 418 g/mol. The number of carbonyl (C=O) groups is 1. The Hall–Kier alpha value is -3.32. The van der Waals surface area contributed by atoms with Crippen molar-refractivity contribution in [3.63, 3.8) is 0 Å². The average molecular weight is 418 g/mol. The lowest BCUT2D eigenvalue weighted by molar-refractivity contribution is -0.385. The van der Waals surface area contributed by atoms with Crippen molar-refractivity contribution in [2.24, 2.45) is 0 Å². The zero-order valence-corrected chi connectivity index (χ0v) is 16.4. The van der Waals surface area contributed by atoms with Crippen LogP contribution in [0, 0.1) is 27.3 Å². The van der Waals surface area contributed by atoms with E-state index in [1.54, 1.807) is 18.2 Å². The van der Waals surface area contributed by atoms with Crippen molar-refractivity contribution < 1.29 is 18.8 Å². The van der Waals surface area contributed by atoms with Gasteiger partial charge in [0.05, 0.1) is 23.5 Å². The Morgan fingerprint density at radius 3 is 2.83 bits per heavy atom. The molecule has 152 valence electrons. The van der Waals surface area contributed by atoms with E-state index in [4.69, 9.17) is 10.00 Å². The van der Waals surface area contributed by atoms with Crippen LogP contribution in [-0.4, -0.2) is 36.8 Å². The molecule has 10 heteroatoms. The van der Waals surface area contributed by atoms with Crippen molar-refractivity contribution in [3.05, 3.63) is 63.5 Å². The summed E-state index contributed by atoms with van der Waals surface area (Å²) in [7, 11) is 1.37. The number of hydrogen-bond acceptors (Lipinski definition) is 7. The van der Waals surface area contributed by atoms with Crippen molar-refractivity contribution >= 4 is 29.0 Å². The molecule has 2 N–H and O–H groups in total. The summed E-state index contributed by atoms with van der Waals surface area (Å²) in [6, 6.07) is 10.8. The molecular weight excluding hydrogens is 399 g/mol. The van der Waals surface area contributed by atoms with Crippen LogP contribution in [0.5, 0.6) is 5.75 Å². The van der Waals surface area contributed by atoms with E-state index in [0.29, 0.717) is 30.1 Å². The number of benzene rings is 2. The normalized spacial score (nSPS) is 10.1. The number of carbonyl (C=O) groups excluding carboxylic acids is 1. The second-order valence-corrected chi connectivity index (χ2v) is 6.79. The quantitative estimate of drug-likeness (QED) is 0.346. The summed E-state index contributed by atoms with van der Waals surface area (Å²) >= 11 is 1.32. The van der Waals surface area contributed by atoms with E-state index >= 15 is 0 Å². The first-order valence-electron chi connectivity index (χ1n) is 8.54. The molecule has 2 aromatic rings. The Kier molecular flexibility index (Phi) is 8.24. The number of amides is 1. The van der Waals surface area contributed by atoms with Gasteiger partial charge in [0, 0.05) is 24.9 Å². The lowest BCUT2D eigenvalue weighted by atomic mass is 10.2. The van der Waals surface area contributed by atoms with Crippen LogP contribution in [0.4, 0.5) is 15.8 Å². The highest BCUT2D eigenvalue weighted by Gasteiger charge is 2.15. The third-order valence-corrected chi connectivity index (χ3v) is 4.83. The van der Waals surface area contributed by atoms with Gasteiger partial charge in [0.15, 0.2) is 5.75 Å². The maximum Gasteiger partial charge on any atom is 0.311 e. The molecule has 0 aliphatic heterocycles. The smallest absolute Gasteiger partial charge is 0.311 e. The molecule has 0 radical (unpaired) electrons. The van der Waals surface area contributed by atoms with Crippen LogP contribution >= 0.6 is 11.8 Å². The Morgan fingerprint density at radius 2 is 2.14 bits per heavy atom. The molecule has 0 aromatic heterocycles. The Morgan fingerprint density at radius 1 is 1.34 bits per heavy atom. The minimum Gasteiger partial charge on any atom is -0.490 e. The number of rotatable bonds is 10. The zero-order valence-electron chi connectivity index (χ0n) is 15.6. The van der Waals surface area contributed by atoms with Crippen LogP contribution in [-0.2, 0) is 10.5 Å². The summed E-state index contributed by atoms with van der Waals surface area (Å²) in [5.41, 5.74) is 0.905. The van der Waals surface area contributed by atoms with Gasteiger partial charge >= 0.3 is 5.69 Å². The number of ether oxygens (including phenoxy) is 1. The van der Waals surface area contributed by atoms with Crippen molar-refractivity contribution in [1.82, 2.24) is 5.32 Å². The fraction of sp³-hybridized carbons (Fsp3) is 0.263. The number of nitro groups is 1. The maximum atomic E-state index is 13.5. The molecule has 0 heterocycles. The lowest BCUT2D eigenvalue weighted by Gasteiger charge is -2.10. The molecule has 0 aliphatic carbocycles. The predicted octanol–water partition coefficient (Wildman–Crippen LogP) is 3.08. The van der Waals surface area contributed by atoms with E-state index in [1.165, 1.54) is 43.1 Å². The van der Waals surface area contributed by atoms with Crippen molar-refractivity contribution in [1.29, 1.82) is 5.26 Å². The van der Waals surface area contributed by atoms with E-state index in [9.17, 15) is 19.3 Å². The summed E-state index contributed by atoms with van der Waals surface area (Å²) in [6.07, 6.45) is 0. The van der Waals surface area contributed by atoms with Crippen molar-refractivity contribution in [2.45, 2.75) is 5.75 Å². The first-order chi connectivity index (χ1) is 14.0. The molecule has 2 rings (SSSR count). The number of anilines is 1. The van der Waals surface area contributed by atoms with Crippen LogP contribution < -0.4 is 15.4 Å². The number of halogens is 1. The fourth-order valence-corrected chi connectivity index (χ4v) is 3.27. The molecule has 0 spiro atoms. The van der Waals surface area contributed by atoms with E-state index < -0.39 is 10.7 Å². The van der Waals surface area contributed by atoms with E-state index in [0.717, 1.165) is 0 Å². The molecule has 0 unspecified atom stereocenters. The molecule has 0 fully saturated rings. The van der Waals surface area contributed by atoms with Gasteiger partial charge in [-0.2, -0.15) is 5.26 Å². The SMILES string of the molecule is COc1ccc(CSCC(=O)NCCNc2cccc(F)c2C#N)cc1[N+](=O)[O-]. The van der Waals surface area contributed by atoms with Crippen LogP contribution in [0.3, 0.4) is 0 Å². The molecule has 0 saturated heterocycles. The van der Waals surface area contributed by atoms with Crippen LogP contribution in [0.1, 0.15) is 11.1 Å². The Labute approximate surface area is 171 Å². The number of thioether (sulfide) groups is 1. The molecular formula is C19H19FN4O4S. The van der Waals surface area contributed by atoms with Gasteiger partial charge in [-0.3, -0.25) is 14.9 Å². The van der Waals surface area contributed by atoms with Gasteiger partial charge in [0.1, 0.15) is 17.4 Å². The summed E-state index contributed by atoms with van der Waals surface area (Å²) in [4.78, 5) is 22.4. The minimum absolute atomic E-state index is 0.0667. The van der Waals surface area contributed by atoms with Gasteiger partial charge in [-0.05, 0) is 23.8 Å². The van der Waals surface area contributed by atoms with Gasteiger partial charge < -0.3 is 15.4 Å². The second kappa shape index (κ2) is 10.9. The molecule has 0 bridgehead atoms. The molecule has 1 amide bonds. The third-order valence-electron chi connectivity index (χ3n) is 3.83. The number of nitrogens with zero attached hydrogens (tertiary/aromatic N) is 2. The van der Waals surface area contributed by atoms with Crippen LogP contribution in [0.15, 0.2) is 36.4 Å². The first kappa shape index (κ1) is 22.0. The Bertz CT molecular complexity index is 933.